The minimum absolute atomic E-state index is 0.157. The first-order valence-electron chi connectivity index (χ1n) is 7.63. The maximum atomic E-state index is 12.3. The molecule has 1 saturated heterocycles. The molecule has 0 saturated carbocycles. The van der Waals surface area contributed by atoms with Crippen molar-refractivity contribution in [3.05, 3.63) is 28.8 Å². The number of hydrogen-bond acceptors (Lipinski definition) is 4. The van der Waals surface area contributed by atoms with Crippen molar-refractivity contribution in [1.82, 2.24) is 14.5 Å². The van der Waals surface area contributed by atoms with E-state index in [-0.39, 0.29) is 4.90 Å². The number of likely N-dealkylation sites (N-methyl/N-ethyl adjacent to an activating group) is 1. The van der Waals surface area contributed by atoms with Crippen molar-refractivity contribution in [2.45, 2.75) is 18.7 Å². The summed E-state index contributed by atoms with van der Waals surface area (Å²) in [6.07, 6.45) is 0. The van der Waals surface area contributed by atoms with Gasteiger partial charge in [0.25, 0.3) is 0 Å². The fraction of sp³-hybridized carbons (Fsp3) is 0.600. The van der Waals surface area contributed by atoms with E-state index in [2.05, 4.69) is 21.4 Å². The van der Waals surface area contributed by atoms with Gasteiger partial charge in [0.1, 0.15) is 4.90 Å². The molecule has 0 aliphatic carbocycles. The maximum Gasteiger partial charge on any atom is 0.242 e. The molecule has 1 N–H and O–H groups in total. The highest BCUT2D eigenvalue weighted by molar-refractivity contribution is 7.89. The molecule has 0 aromatic heterocycles. The van der Waals surface area contributed by atoms with E-state index >= 15 is 0 Å². The highest BCUT2D eigenvalue weighted by Gasteiger charge is 2.20. The van der Waals surface area contributed by atoms with E-state index in [9.17, 15) is 8.42 Å². The number of hydrogen-bond donors (Lipinski definition) is 1. The van der Waals surface area contributed by atoms with Crippen molar-refractivity contribution in [2.75, 3.05) is 45.8 Å². The SMILES string of the molecule is CCN1CCN(CCNS(=O)(=O)c2cccc(C)c2Cl)CC1. The smallest absolute Gasteiger partial charge is 0.242 e. The Morgan fingerprint density at radius 2 is 1.82 bits per heavy atom. The van der Waals surface area contributed by atoms with Gasteiger partial charge in [-0.3, -0.25) is 4.90 Å². The minimum Gasteiger partial charge on any atom is -0.301 e. The normalized spacial score (nSPS) is 17.8. The maximum absolute atomic E-state index is 12.3. The van der Waals surface area contributed by atoms with Crippen LogP contribution in [0, 0.1) is 6.92 Å². The summed E-state index contributed by atoms with van der Waals surface area (Å²) in [5.74, 6) is 0. The van der Waals surface area contributed by atoms with Gasteiger partial charge < -0.3 is 4.90 Å². The van der Waals surface area contributed by atoms with E-state index in [4.69, 9.17) is 11.6 Å². The van der Waals surface area contributed by atoms with Crippen LogP contribution in [0.5, 0.6) is 0 Å². The van der Waals surface area contributed by atoms with Gasteiger partial charge in [-0.2, -0.15) is 0 Å². The van der Waals surface area contributed by atoms with Crippen LogP contribution < -0.4 is 4.72 Å². The molecule has 0 bridgehead atoms. The van der Waals surface area contributed by atoms with Crippen LogP contribution in [0.1, 0.15) is 12.5 Å². The Labute approximate surface area is 138 Å². The molecule has 124 valence electrons. The molecule has 1 heterocycles. The van der Waals surface area contributed by atoms with Crippen molar-refractivity contribution in [1.29, 1.82) is 0 Å². The van der Waals surface area contributed by atoms with E-state index in [0.717, 1.165) is 44.8 Å². The third-order valence-electron chi connectivity index (χ3n) is 4.08. The summed E-state index contributed by atoms with van der Waals surface area (Å²) in [5, 5.41) is 0.298. The highest BCUT2D eigenvalue weighted by Crippen LogP contribution is 2.24. The average molecular weight is 346 g/mol. The van der Waals surface area contributed by atoms with Crippen LogP contribution in [0.25, 0.3) is 0 Å². The van der Waals surface area contributed by atoms with Gasteiger partial charge in [-0.05, 0) is 25.1 Å². The van der Waals surface area contributed by atoms with Crippen molar-refractivity contribution < 1.29 is 8.42 Å². The molecule has 1 aliphatic rings. The van der Waals surface area contributed by atoms with E-state index in [1.165, 1.54) is 6.07 Å². The molecule has 22 heavy (non-hydrogen) atoms. The first-order chi connectivity index (χ1) is 10.4. The molecule has 0 spiro atoms. The van der Waals surface area contributed by atoms with Crippen molar-refractivity contribution >= 4 is 21.6 Å². The zero-order chi connectivity index (χ0) is 16.2. The van der Waals surface area contributed by atoms with Crippen LogP contribution in [0.3, 0.4) is 0 Å². The van der Waals surface area contributed by atoms with Gasteiger partial charge in [-0.15, -0.1) is 0 Å². The number of sulfonamides is 1. The monoisotopic (exact) mass is 345 g/mol. The third-order valence-corrected chi connectivity index (χ3v) is 6.20. The number of rotatable bonds is 6. The van der Waals surface area contributed by atoms with Gasteiger partial charge in [0, 0.05) is 39.3 Å². The number of aryl methyl sites for hydroxylation is 1. The number of benzene rings is 1. The lowest BCUT2D eigenvalue weighted by Crippen LogP contribution is -2.48. The largest absolute Gasteiger partial charge is 0.301 e. The Morgan fingerprint density at radius 3 is 2.45 bits per heavy atom. The highest BCUT2D eigenvalue weighted by atomic mass is 35.5. The number of halogens is 1. The minimum atomic E-state index is -3.55. The molecule has 7 heteroatoms. The lowest BCUT2D eigenvalue weighted by atomic mass is 10.2. The van der Waals surface area contributed by atoms with E-state index < -0.39 is 10.0 Å². The molecular formula is C15H24ClN3O2S. The van der Waals surface area contributed by atoms with E-state index in [0.29, 0.717) is 11.6 Å². The molecule has 5 nitrogen and oxygen atoms in total. The van der Waals surface area contributed by atoms with Crippen LogP contribution in [0.4, 0.5) is 0 Å². The zero-order valence-corrected chi connectivity index (χ0v) is 14.8. The predicted molar refractivity (Wildman–Crippen MR) is 89.9 cm³/mol. The Hall–Kier alpha value is -0.660. The van der Waals surface area contributed by atoms with E-state index in [1.807, 2.05) is 0 Å². The van der Waals surface area contributed by atoms with Crippen molar-refractivity contribution in [3.63, 3.8) is 0 Å². The Kier molecular flexibility index (Phi) is 6.23. The summed E-state index contributed by atoms with van der Waals surface area (Å²) < 4.78 is 27.3. The zero-order valence-electron chi connectivity index (χ0n) is 13.2. The number of nitrogens with one attached hydrogen (secondary N) is 1. The second kappa shape index (κ2) is 7.75. The molecule has 0 atom stereocenters. The second-order valence-corrected chi connectivity index (χ2v) is 7.67. The molecule has 0 unspecified atom stereocenters. The molecule has 2 rings (SSSR count). The van der Waals surface area contributed by atoms with Crippen LogP contribution in [-0.4, -0.2) is 64.0 Å². The van der Waals surface area contributed by atoms with Gasteiger partial charge in [-0.25, -0.2) is 13.1 Å². The first-order valence-corrected chi connectivity index (χ1v) is 9.49. The van der Waals surface area contributed by atoms with Gasteiger partial charge in [0.15, 0.2) is 0 Å². The van der Waals surface area contributed by atoms with Gasteiger partial charge in [0.05, 0.1) is 5.02 Å². The van der Waals surface area contributed by atoms with Crippen LogP contribution >= 0.6 is 11.6 Å². The average Bonchev–Trinajstić information content (AvgIpc) is 2.50. The van der Waals surface area contributed by atoms with E-state index in [1.54, 1.807) is 19.1 Å². The second-order valence-electron chi connectivity index (χ2n) is 5.56. The predicted octanol–water partition coefficient (Wildman–Crippen LogP) is 1.56. The quantitative estimate of drug-likeness (QED) is 0.850. The fourth-order valence-electron chi connectivity index (χ4n) is 2.57. The number of piperazine rings is 1. The van der Waals surface area contributed by atoms with Crippen LogP contribution in [0.2, 0.25) is 5.02 Å². The topological polar surface area (TPSA) is 52.6 Å². The Bertz CT molecular complexity index is 599. The molecule has 0 radical (unpaired) electrons. The fourth-order valence-corrected chi connectivity index (χ4v) is 4.17. The standard InChI is InChI=1S/C15H24ClN3O2S/c1-3-18-9-11-19(12-10-18)8-7-17-22(20,21)14-6-4-5-13(2)15(14)16/h4-6,17H,3,7-12H2,1-2H3. The Balaban J connectivity index is 1.87. The van der Waals surface area contributed by atoms with Gasteiger partial charge in [-0.1, -0.05) is 30.7 Å². The lowest BCUT2D eigenvalue weighted by Gasteiger charge is -2.33. The number of nitrogens with zero attached hydrogens (tertiary/aromatic N) is 2. The third kappa shape index (κ3) is 4.43. The molecule has 1 fully saturated rings. The molecule has 1 aliphatic heterocycles. The Morgan fingerprint density at radius 1 is 1.18 bits per heavy atom. The van der Waals surface area contributed by atoms with Crippen molar-refractivity contribution in [2.24, 2.45) is 0 Å². The summed E-state index contributed by atoms with van der Waals surface area (Å²) in [7, 11) is -3.55. The first kappa shape index (κ1) is 17.7. The summed E-state index contributed by atoms with van der Waals surface area (Å²) in [6.45, 7) is 10.2. The summed E-state index contributed by atoms with van der Waals surface area (Å²) in [6, 6.07) is 5.05. The van der Waals surface area contributed by atoms with Crippen LogP contribution in [-0.2, 0) is 10.0 Å². The van der Waals surface area contributed by atoms with Gasteiger partial charge in [0.2, 0.25) is 10.0 Å². The van der Waals surface area contributed by atoms with Gasteiger partial charge >= 0.3 is 0 Å². The molecular weight excluding hydrogens is 322 g/mol. The van der Waals surface area contributed by atoms with Crippen LogP contribution in [0.15, 0.2) is 23.1 Å². The molecule has 1 aromatic carbocycles. The summed E-state index contributed by atoms with van der Waals surface area (Å²) in [4.78, 5) is 4.84. The summed E-state index contributed by atoms with van der Waals surface area (Å²) >= 11 is 6.10. The lowest BCUT2D eigenvalue weighted by molar-refractivity contribution is 0.139. The van der Waals surface area contributed by atoms with Crippen molar-refractivity contribution in [3.8, 4) is 0 Å². The molecule has 1 aromatic rings. The molecule has 0 amide bonds. The summed E-state index contributed by atoms with van der Waals surface area (Å²) in [5.41, 5.74) is 0.764.